The zero-order chi connectivity index (χ0) is 15.5. The number of pyridine rings is 1. The van der Waals surface area contributed by atoms with Crippen LogP contribution in [0.3, 0.4) is 0 Å². The summed E-state index contributed by atoms with van der Waals surface area (Å²) in [5.41, 5.74) is 0.936. The molecule has 1 aromatic rings. The van der Waals surface area contributed by atoms with Crippen molar-refractivity contribution in [1.29, 1.82) is 0 Å². The highest BCUT2D eigenvalue weighted by molar-refractivity contribution is 6.29. The van der Waals surface area contributed by atoms with Crippen LogP contribution in [-0.2, 0) is 0 Å². The SMILES string of the molecule is CCNc1cc(C(=O)N2CCCC(C)(C)CC2)cc(Cl)n1. The number of halogens is 1. The first-order valence-corrected chi connectivity index (χ1v) is 8.00. The average Bonchev–Trinajstić information content (AvgIpc) is 2.58. The van der Waals surface area contributed by atoms with Gasteiger partial charge in [0.2, 0.25) is 0 Å². The molecule has 1 saturated heterocycles. The van der Waals surface area contributed by atoms with E-state index in [0.29, 0.717) is 21.9 Å². The van der Waals surface area contributed by atoms with Crippen LogP contribution in [0.1, 0.15) is 50.4 Å². The summed E-state index contributed by atoms with van der Waals surface area (Å²) >= 11 is 6.02. The molecular formula is C16H24ClN3O. The molecule has 0 atom stereocenters. The first kappa shape index (κ1) is 16.1. The van der Waals surface area contributed by atoms with Gasteiger partial charge in [-0.3, -0.25) is 4.79 Å². The van der Waals surface area contributed by atoms with E-state index in [1.807, 2.05) is 11.8 Å². The smallest absolute Gasteiger partial charge is 0.254 e. The summed E-state index contributed by atoms with van der Waals surface area (Å²) < 4.78 is 0. The molecule has 2 rings (SSSR count). The molecule has 1 aromatic heterocycles. The highest BCUT2D eigenvalue weighted by atomic mass is 35.5. The fraction of sp³-hybridized carbons (Fsp3) is 0.625. The topological polar surface area (TPSA) is 45.2 Å². The standard InChI is InChI=1S/C16H24ClN3O/c1-4-18-14-11-12(10-13(17)19-14)15(21)20-8-5-6-16(2,3)7-9-20/h10-11H,4-9H2,1-3H3,(H,18,19). The van der Waals surface area contributed by atoms with Crippen molar-refractivity contribution < 1.29 is 4.79 Å². The minimum atomic E-state index is 0.0520. The first-order chi connectivity index (χ1) is 9.91. The molecule has 1 amide bonds. The lowest BCUT2D eigenvalue weighted by Gasteiger charge is -2.23. The van der Waals surface area contributed by atoms with E-state index in [1.54, 1.807) is 12.1 Å². The number of aromatic nitrogens is 1. The summed E-state index contributed by atoms with van der Waals surface area (Å²) in [5.74, 6) is 0.708. The minimum absolute atomic E-state index is 0.0520. The van der Waals surface area contributed by atoms with Crippen LogP contribution in [0.15, 0.2) is 12.1 Å². The zero-order valence-electron chi connectivity index (χ0n) is 13.1. The molecule has 4 nitrogen and oxygen atoms in total. The summed E-state index contributed by atoms with van der Waals surface area (Å²) in [4.78, 5) is 18.8. The van der Waals surface area contributed by atoms with Gasteiger partial charge in [0, 0.05) is 25.2 Å². The van der Waals surface area contributed by atoms with Crippen molar-refractivity contribution in [2.24, 2.45) is 5.41 Å². The van der Waals surface area contributed by atoms with E-state index in [2.05, 4.69) is 24.1 Å². The summed E-state index contributed by atoms with van der Waals surface area (Å²) in [6.07, 6.45) is 3.26. The van der Waals surface area contributed by atoms with Crippen LogP contribution in [-0.4, -0.2) is 35.4 Å². The normalized spacial score (nSPS) is 18.2. The molecule has 0 radical (unpaired) electrons. The van der Waals surface area contributed by atoms with E-state index >= 15 is 0 Å². The fourth-order valence-electron chi connectivity index (χ4n) is 2.70. The zero-order valence-corrected chi connectivity index (χ0v) is 13.8. The maximum atomic E-state index is 12.7. The molecule has 1 fully saturated rings. The van der Waals surface area contributed by atoms with Crippen molar-refractivity contribution in [3.8, 4) is 0 Å². The number of anilines is 1. The Morgan fingerprint density at radius 1 is 1.38 bits per heavy atom. The monoisotopic (exact) mass is 309 g/mol. The Kier molecular flexibility index (Phi) is 5.09. The van der Waals surface area contributed by atoms with Gasteiger partial charge in [-0.25, -0.2) is 4.98 Å². The molecule has 5 heteroatoms. The number of nitrogens with zero attached hydrogens (tertiary/aromatic N) is 2. The van der Waals surface area contributed by atoms with Crippen molar-refractivity contribution in [2.75, 3.05) is 25.0 Å². The predicted octanol–water partition coefficient (Wildman–Crippen LogP) is 3.82. The predicted molar refractivity (Wildman–Crippen MR) is 86.9 cm³/mol. The van der Waals surface area contributed by atoms with E-state index < -0.39 is 0 Å². The molecule has 21 heavy (non-hydrogen) atoms. The molecule has 2 heterocycles. The number of likely N-dealkylation sites (tertiary alicyclic amines) is 1. The van der Waals surface area contributed by atoms with Gasteiger partial charge >= 0.3 is 0 Å². The Hall–Kier alpha value is -1.29. The minimum Gasteiger partial charge on any atom is -0.370 e. The number of nitrogens with one attached hydrogen (secondary N) is 1. The van der Waals surface area contributed by atoms with Gasteiger partial charge in [0.15, 0.2) is 0 Å². The second-order valence-corrected chi connectivity index (χ2v) is 6.79. The molecule has 0 aromatic carbocycles. The van der Waals surface area contributed by atoms with Gasteiger partial charge in [-0.15, -0.1) is 0 Å². The van der Waals surface area contributed by atoms with E-state index in [4.69, 9.17) is 11.6 Å². The quantitative estimate of drug-likeness (QED) is 0.863. The van der Waals surface area contributed by atoms with Crippen molar-refractivity contribution >= 4 is 23.3 Å². The van der Waals surface area contributed by atoms with Crippen molar-refractivity contribution in [1.82, 2.24) is 9.88 Å². The maximum absolute atomic E-state index is 12.7. The van der Waals surface area contributed by atoms with Crippen LogP contribution in [0.25, 0.3) is 0 Å². The lowest BCUT2D eigenvalue weighted by Crippen LogP contribution is -2.32. The Balaban J connectivity index is 2.15. The molecule has 0 unspecified atom stereocenters. The van der Waals surface area contributed by atoms with Crippen molar-refractivity contribution in [2.45, 2.75) is 40.0 Å². The van der Waals surface area contributed by atoms with Crippen LogP contribution in [0.5, 0.6) is 0 Å². The van der Waals surface area contributed by atoms with Gasteiger partial charge in [-0.05, 0) is 43.7 Å². The largest absolute Gasteiger partial charge is 0.370 e. The van der Waals surface area contributed by atoms with Gasteiger partial charge < -0.3 is 10.2 Å². The number of carbonyl (C=O) groups excluding carboxylic acids is 1. The Morgan fingerprint density at radius 3 is 2.86 bits per heavy atom. The van der Waals surface area contributed by atoms with Crippen LogP contribution < -0.4 is 5.32 Å². The average molecular weight is 310 g/mol. The van der Waals surface area contributed by atoms with E-state index in [-0.39, 0.29) is 5.91 Å². The number of amides is 1. The third-order valence-electron chi connectivity index (χ3n) is 4.03. The summed E-state index contributed by atoms with van der Waals surface area (Å²) in [7, 11) is 0. The van der Waals surface area contributed by atoms with Gasteiger partial charge in [-0.2, -0.15) is 0 Å². The van der Waals surface area contributed by atoms with Crippen molar-refractivity contribution in [3.63, 3.8) is 0 Å². The van der Waals surface area contributed by atoms with E-state index in [9.17, 15) is 4.79 Å². The number of rotatable bonds is 3. The third kappa shape index (κ3) is 4.34. The molecule has 116 valence electrons. The molecule has 1 aliphatic heterocycles. The van der Waals surface area contributed by atoms with Gasteiger partial charge in [0.1, 0.15) is 11.0 Å². The molecule has 0 saturated carbocycles. The van der Waals surface area contributed by atoms with Gasteiger partial charge in [-0.1, -0.05) is 25.4 Å². The lowest BCUT2D eigenvalue weighted by atomic mass is 9.85. The third-order valence-corrected chi connectivity index (χ3v) is 4.22. The molecule has 0 spiro atoms. The fourth-order valence-corrected chi connectivity index (χ4v) is 2.91. The molecule has 0 aliphatic carbocycles. The Bertz CT molecular complexity index is 516. The lowest BCUT2D eigenvalue weighted by molar-refractivity contribution is 0.0757. The summed E-state index contributed by atoms with van der Waals surface area (Å²) in [6.45, 7) is 8.90. The van der Waals surface area contributed by atoms with Gasteiger partial charge in [0.25, 0.3) is 5.91 Å². The van der Waals surface area contributed by atoms with Crippen LogP contribution in [0.4, 0.5) is 5.82 Å². The second kappa shape index (κ2) is 6.65. The highest BCUT2D eigenvalue weighted by Crippen LogP contribution is 2.30. The number of hydrogen-bond acceptors (Lipinski definition) is 3. The molecule has 1 aliphatic rings. The van der Waals surface area contributed by atoms with Crippen LogP contribution >= 0.6 is 11.6 Å². The number of hydrogen-bond donors (Lipinski definition) is 1. The number of carbonyl (C=O) groups is 1. The Morgan fingerprint density at radius 2 is 2.14 bits per heavy atom. The highest BCUT2D eigenvalue weighted by Gasteiger charge is 2.26. The summed E-state index contributed by atoms with van der Waals surface area (Å²) in [6, 6.07) is 3.44. The molecular weight excluding hydrogens is 286 g/mol. The maximum Gasteiger partial charge on any atom is 0.254 e. The van der Waals surface area contributed by atoms with E-state index in [0.717, 1.165) is 38.9 Å². The molecule has 0 bridgehead atoms. The Labute approximate surface area is 131 Å². The second-order valence-electron chi connectivity index (χ2n) is 6.40. The van der Waals surface area contributed by atoms with Crippen LogP contribution in [0.2, 0.25) is 5.15 Å². The van der Waals surface area contributed by atoms with Gasteiger partial charge in [0.05, 0.1) is 0 Å². The molecule has 1 N–H and O–H groups in total. The van der Waals surface area contributed by atoms with Crippen LogP contribution in [0, 0.1) is 5.41 Å². The first-order valence-electron chi connectivity index (χ1n) is 7.62. The van der Waals surface area contributed by atoms with E-state index in [1.165, 1.54) is 0 Å². The van der Waals surface area contributed by atoms with Crippen molar-refractivity contribution in [3.05, 3.63) is 22.8 Å². The summed E-state index contributed by atoms with van der Waals surface area (Å²) in [5, 5.41) is 3.46.